The van der Waals surface area contributed by atoms with E-state index in [1.807, 2.05) is 6.07 Å². The van der Waals surface area contributed by atoms with E-state index in [2.05, 4.69) is 26.6 Å². The summed E-state index contributed by atoms with van der Waals surface area (Å²) in [6, 6.07) is 13.8. The average molecular weight is 418 g/mol. The molecule has 0 bridgehead atoms. The van der Waals surface area contributed by atoms with E-state index >= 15 is 0 Å². The van der Waals surface area contributed by atoms with Crippen molar-refractivity contribution in [2.24, 2.45) is 0 Å². The summed E-state index contributed by atoms with van der Waals surface area (Å²) in [5.74, 6) is -0.704. The highest BCUT2D eigenvalue weighted by Crippen LogP contribution is 2.22. The van der Waals surface area contributed by atoms with Crippen molar-refractivity contribution in [3.63, 3.8) is 0 Å². The van der Waals surface area contributed by atoms with Crippen LogP contribution >= 0.6 is 15.9 Å². The first-order chi connectivity index (χ1) is 12.5. The highest BCUT2D eigenvalue weighted by atomic mass is 79.9. The molecule has 1 saturated heterocycles. The summed E-state index contributed by atoms with van der Waals surface area (Å²) in [6.45, 7) is 0.650. The number of carbonyl (C=O) groups excluding carboxylic acids is 3. The first-order valence-corrected chi connectivity index (χ1v) is 8.70. The van der Waals surface area contributed by atoms with Gasteiger partial charge < -0.3 is 15.4 Å². The molecule has 7 nitrogen and oxygen atoms in total. The fourth-order valence-electron chi connectivity index (χ4n) is 2.48. The Bertz CT molecular complexity index is 856. The Labute approximate surface area is 158 Å². The van der Waals surface area contributed by atoms with Gasteiger partial charge in [0.2, 0.25) is 5.91 Å². The first kappa shape index (κ1) is 17.9. The second-order valence-electron chi connectivity index (χ2n) is 5.56. The lowest BCUT2D eigenvalue weighted by molar-refractivity contribution is -0.115. The van der Waals surface area contributed by atoms with Crippen molar-refractivity contribution in [1.82, 2.24) is 5.32 Å². The SMILES string of the molecule is O=C(CNC(=O)c1cccc(Br)c1)Nc1cccc(N2CCOC2=O)c1. The molecule has 0 radical (unpaired) electrons. The van der Waals surface area contributed by atoms with E-state index in [9.17, 15) is 14.4 Å². The molecule has 1 fully saturated rings. The number of rotatable bonds is 5. The minimum Gasteiger partial charge on any atom is -0.447 e. The molecule has 0 saturated carbocycles. The van der Waals surface area contributed by atoms with Gasteiger partial charge in [-0.05, 0) is 36.4 Å². The van der Waals surface area contributed by atoms with E-state index in [1.54, 1.807) is 42.5 Å². The van der Waals surface area contributed by atoms with E-state index in [-0.39, 0.29) is 18.4 Å². The number of halogens is 1. The van der Waals surface area contributed by atoms with Gasteiger partial charge in [-0.1, -0.05) is 28.1 Å². The maximum absolute atomic E-state index is 12.1. The van der Waals surface area contributed by atoms with Gasteiger partial charge in [-0.3, -0.25) is 14.5 Å². The van der Waals surface area contributed by atoms with E-state index in [1.165, 1.54) is 4.90 Å². The van der Waals surface area contributed by atoms with Crippen LogP contribution in [0, 0.1) is 0 Å². The van der Waals surface area contributed by atoms with Crippen molar-refractivity contribution in [2.75, 3.05) is 29.9 Å². The van der Waals surface area contributed by atoms with Crippen LogP contribution in [-0.2, 0) is 9.53 Å². The number of anilines is 2. The van der Waals surface area contributed by atoms with Crippen LogP contribution in [0.15, 0.2) is 53.0 Å². The maximum atomic E-state index is 12.1. The molecule has 0 atom stereocenters. The van der Waals surface area contributed by atoms with Crippen molar-refractivity contribution in [1.29, 1.82) is 0 Å². The van der Waals surface area contributed by atoms with Crippen LogP contribution in [0.5, 0.6) is 0 Å². The molecule has 1 heterocycles. The van der Waals surface area contributed by atoms with Crippen LogP contribution in [-0.4, -0.2) is 37.6 Å². The normalized spacial score (nSPS) is 13.3. The molecular weight excluding hydrogens is 402 g/mol. The molecule has 1 aliphatic heterocycles. The van der Waals surface area contributed by atoms with Crippen LogP contribution in [0.3, 0.4) is 0 Å². The summed E-state index contributed by atoms with van der Waals surface area (Å²) in [7, 11) is 0. The second kappa shape index (κ2) is 8.01. The van der Waals surface area contributed by atoms with E-state index in [0.29, 0.717) is 30.1 Å². The highest BCUT2D eigenvalue weighted by Gasteiger charge is 2.23. The van der Waals surface area contributed by atoms with Gasteiger partial charge >= 0.3 is 6.09 Å². The molecule has 3 amide bonds. The van der Waals surface area contributed by atoms with Gasteiger partial charge in [0.15, 0.2) is 0 Å². The van der Waals surface area contributed by atoms with Gasteiger partial charge in [-0.15, -0.1) is 0 Å². The summed E-state index contributed by atoms with van der Waals surface area (Å²) in [4.78, 5) is 37.2. The third-order valence-electron chi connectivity index (χ3n) is 3.70. The van der Waals surface area contributed by atoms with E-state index < -0.39 is 6.09 Å². The zero-order chi connectivity index (χ0) is 18.5. The van der Waals surface area contributed by atoms with Crippen molar-refractivity contribution in [2.45, 2.75) is 0 Å². The molecule has 2 N–H and O–H groups in total. The lowest BCUT2D eigenvalue weighted by Crippen LogP contribution is -2.32. The lowest BCUT2D eigenvalue weighted by atomic mass is 10.2. The van der Waals surface area contributed by atoms with Crippen molar-refractivity contribution >= 4 is 45.2 Å². The fourth-order valence-corrected chi connectivity index (χ4v) is 2.88. The maximum Gasteiger partial charge on any atom is 0.414 e. The number of benzene rings is 2. The highest BCUT2D eigenvalue weighted by molar-refractivity contribution is 9.10. The second-order valence-corrected chi connectivity index (χ2v) is 6.47. The molecule has 0 aromatic heterocycles. The van der Waals surface area contributed by atoms with Gasteiger partial charge in [0, 0.05) is 21.4 Å². The van der Waals surface area contributed by atoms with Crippen LogP contribution in [0.25, 0.3) is 0 Å². The summed E-state index contributed by atoms with van der Waals surface area (Å²) in [5.41, 5.74) is 1.63. The third-order valence-corrected chi connectivity index (χ3v) is 4.19. The Kier molecular flexibility index (Phi) is 5.52. The molecule has 2 aromatic rings. The van der Waals surface area contributed by atoms with Gasteiger partial charge in [0.05, 0.1) is 13.1 Å². The molecule has 0 spiro atoms. The fraction of sp³-hybridized carbons (Fsp3) is 0.167. The van der Waals surface area contributed by atoms with Crippen LogP contribution < -0.4 is 15.5 Å². The Balaban J connectivity index is 1.56. The zero-order valence-corrected chi connectivity index (χ0v) is 15.3. The van der Waals surface area contributed by atoms with Crippen molar-refractivity contribution < 1.29 is 19.1 Å². The minimum absolute atomic E-state index is 0.165. The number of hydrogen-bond donors (Lipinski definition) is 2. The van der Waals surface area contributed by atoms with Gasteiger partial charge in [-0.2, -0.15) is 0 Å². The number of cyclic esters (lactones) is 1. The standard InChI is InChI=1S/C18H16BrN3O4/c19-13-4-1-3-12(9-13)17(24)20-11-16(23)21-14-5-2-6-15(10-14)22-7-8-26-18(22)25/h1-6,9-10H,7-8,11H2,(H,20,24)(H,21,23). The number of carbonyl (C=O) groups is 3. The summed E-state index contributed by atoms with van der Waals surface area (Å²) in [6.07, 6.45) is -0.408. The smallest absolute Gasteiger partial charge is 0.414 e. The zero-order valence-electron chi connectivity index (χ0n) is 13.7. The number of amides is 3. The van der Waals surface area contributed by atoms with Gasteiger partial charge in [0.1, 0.15) is 6.61 Å². The quantitative estimate of drug-likeness (QED) is 0.782. The minimum atomic E-state index is -0.408. The van der Waals surface area contributed by atoms with Crippen molar-refractivity contribution in [3.05, 3.63) is 58.6 Å². The van der Waals surface area contributed by atoms with E-state index in [4.69, 9.17) is 4.74 Å². The molecule has 3 rings (SSSR count). The molecule has 0 unspecified atom stereocenters. The topological polar surface area (TPSA) is 87.7 Å². The number of nitrogens with one attached hydrogen (secondary N) is 2. The van der Waals surface area contributed by atoms with Crippen LogP contribution in [0.4, 0.5) is 16.2 Å². The molecular formula is C18H16BrN3O4. The lowest BCUT2D eigenvalue weighted by Gasteiger charge is -2.14. The molecule has 2 aromatic carbocycles. The molecule has 0 aliphatic carbocycles. The van der Waals surface area contributed by atoms with Gasteiger partial charge in [0.25, 0.3) is 5.91 Å². The molecule has 26 heavy (non-hydrogen) atoms. The van der Waals surface area contributed by atoms with Crippen LogP contribution in [0.1, 0.15) is 10.4 Å². The number of hydrogen-bond acceptors (Lipinski definition) is 4. The summed E-state index contributed by atoms with van der Waals surface area (Å²) < 4.78 is 5.69. The summed E-state index contributed by atoms with van der Waals surface area (Å²) >= 11 is 3.30. The van der Waals surface area contributed by atoms with Gasteiger partial charge in [-0.25, -0.2) is 4.79 Å². The Morgan fingerprint density at radius 2 is 1.96 bits per heavy atom. The average Bonchev–Trinajstić information content (AvgIpc) is 3.06. The Hall–Kier alpha value is -2.87. The van der Waals surface area contributed by atoms with Crippen LogP contribution in [0.2, 0.25) is 0 Å². The largest absolute Gasteiger partial charge is 0.447 e. The first-order valence-electron chi connectivity index (χ1n) is 7.91. The molecule has 1 aliphatic rings. The number of nitrogens with zero attached hydrogens (tertiary/aromatic N) is 1. The third kappa shape index (κ3) is 4.40. The van der Waals surface area contributed by atoms with E-state index in [0.717, 1.165) is 4.47 Å². The monoisotopic (exact) mass is 417 g/mol. The molecule has 134 valence electrons. The Morgan fingerprint density at radius 3 is 2.69 bits per heavy atom. The molecule has 8 heteroatoms. The predicted octanol–water partition coefficient (Wildman–Crippen LogP) is 2.77. The Morgan fingerprint density at radius 1 is 1.15 bits per heavy atom. The summed E-state index contributed by atoms with van der Waals surface area (Å²) in [5, 5.41) is 5.26. The predicted molar refractivity (Wildman–Crippen MR) is 100 cm³/mol. The number of ether oxygens (including phenoxy) is 1. The van der Waals surface area contributed by atoms with Crippen molar-refractivity contribution in [3.8, 4) is 0 Å².